The van der Waals surface area contributed by atoms with Crippen LogP contribution in [0.3, 0.4) is 0 Å². The van der Waals surface area contributed by atoms with Crippen LogP contribution in [-0.4, -0.2) is 35.5 Å². The molecular formula is C22H25FN2O2S. The Balaban J connectivity index is 1.22. The second-order valence-electron chi connectivity index (χ2n) is 7.60. The minimum absolute atomic E-state index is 0.157. The number of carbonyl (C=O) groups is 1. The molecular weight excluding hydrogens is 375 g/mol. The Labute approximate surface area is 168 Å². The first-order valence-electron chi connectivity index (χ1n) is 9.97. The van der Waals surface area contributed by atoms with Crippen molar-refractivity contribution in [2.24, 2.45) is 0 Å². The van der Waals surface area contributed by atoms with Crippen LogP contribution in [0, 0.1) is 5.82 Å². The Kier molecular flexibility index (Phi) is 5.87. The molecule has 0 spiro atoms. The lowest BCUT2D eigenvalue weighted by molar-refractivity contribution is 0.102. The lowest BCUT2D eigenvalue weighted by atomic mass is 9.91. The van der Waals surface area contributed by atoms with Crippen LogP contribution >= 0.6 is 11.3 Å². The van der Waals surface area contributed by atoms with Gasteiger partial charge in [-0.2, -0.15) is 0 Å². The van der Waals surface area contributed by atoms with Crippen molar-refractivity contribution in [1.29, 1.82) is 0 Å². The molecule has 0 aliphatic carbocycles. The van der Waals surface area contributed by atoms with E-state index in [1.807, 2.05) is 6.07 Å². The maximum Gasteiger partial charge on any atom is 0.170 e. The lowest BCUT2D eigenvalue weighted by Crippen LogP contribution is -2.33. The highest BCUT2D eigenvalue weighted by atomic mass is 32.1. The van der Waals surface area contributed by atoms with Crippen molar-refractivity contribution in [1.82, 2.24) is 10.1 Å². The minimum atomic E-state index is -0.287. The smallest absolute Gasteiger partial charge is 0.170 e. The second-order valence-corrected chi connectivity index (χ2v) is 8.77. The summed E-state index contributed by atoms with van der Waals surface area (Å²) in [5.41, 5.74) is 1.52. The van der Waals surface area contributed by atoms with Crippen molar-refractivity contribution < 1.29 is 13.7 Å². The van der Waals surface area contributed by atoms with Gasteiger partial charge in [0.1, 0.15) is 5.82 Å². The summed E-state index contributed by atoms with van der Waals surface area (Å²) < 4.78 is 18.6. The molecule has 0 atom stereocenters. The van der Waals surface area contributed by atoms with E-state index in [0.29, 0.717) is 11.5 Å². The third-order valence-corrected chi connectivity index (χ3v) is 6.84. The van der Waals surface area contributed by atoms with Crippen molar-refractivity contribution in [3.8, 4) is 0 Å². The highest BCUT2D eigenvalue weighted by molar-refractivity contribution is 7.14. The standard InChI is InChI=1S/C22H25FN2O2S/c1-15(26)21-8-6-18(28-21)4-2-3-11-25-12-9-16(10-13-25)22-19-7-5-17(23)14-20(19)27-24-22/h5-8,14,16H,2-4,9-13H2,1H3. The molecule has 0 bridgehead atoms. The van der Waals surface area contributed by atoms with E-state index >= 15 is 0 Å². The molecule has 0 amide bonds. The van der Waals surface area contributed by atoms with E-state index in [2.05, 4.69) is 16.1 Å². The second kappa shape index (κ2) is 8.53. The number of ketones is 1. The van der Waals surface area contributed by atoms with Gasteiger partial charge in [0, 0.05) is 22.2 Å². The molecule has 148 valence electrons. The topological polar surface area (TPSA) is 46.3 Å². The van der Waals surface area contributed by atoms with E-state index in [0.717, 1.165) is 61.3 Å². The highest BCUT2D eigenvalue weighted by Crippen LogP contribution is 2.32. The molecule has 1 fully saturated rings. The number of benzene rings is 1. The normalized spacial score (nSPS) is 16.1. The molecule has 0 N–H and O–H groups in total. The van der Waals surface area contributed by atoms with Gasteiger partial charge in [0.2, 0.25) is 0 Å². The quantitative estimate of drug-likeness (QED) is 0.392. The first-order valence-corrected chi connectivity index (χ1v) is 10.8. The number of likely N-dealkylation sites (tertiary alicyclic amines) is 1. The van der Waals surface area contributed by atoms with Crippen molar-refractivity contribution in [2.75, 3.05) is 19.6 Å². The lowest BCUT2D eigenvalue weighted by Gasteiger charge is -2.31. The van der Waals surface area contributed by atoms with E-state index in [-0.39, 0.29) is 11.6 Å². The van der Waals surface area contributed by atoms with Gasteiger partial charge in [0.05, 0.1) is 10.6 Å². The van der Waals surface area contributed by atoms with E-state index < -0.39 is 0 Å². The Morgan fingerprint density at radius 1 is 1.25 bits per heavy atom. The number of aromatic nitrogens is 1. The molecule has 1 aliphatic heterocycles. The summed E-state index contributed by atoms with van der Waals surface area (Å²) >= 11 is 1.63. The monoisotopic (exact) mass is 400 g/mol. The van der Waals surface area contributed by atoms with Crippen molar-refractivity contribution in [3.63, 3.8) is 0 Å². The van der Waals surface area contributed by atoms with E-state index in [4.69, 9.17) is 4.52 Å². The van der Waals surface area contributed by atoms with Gasteiger partial charge in [0.25, 0.3) is 0 Å². The van der Waals surface area contributed by atoms with E-state index in [1.54, 1.807) is 24.3 Å². The Morgan fingerprint density at radius 2 is 2.07 bits per heavy atom. The summed E-state index contributed by atoms with van der Waals surface area (Å²) in [6, 6.07) is 8.69. The van der Waals surface area contributed by atoms with Crippen LogP contribution in [0.5, 0.6) is 0 Å². The number of thiophene rings is 1. The Morgan fingerprint density at radius 3 is 2.82 bits per heavy atom. The van der Waals surface area contributed by atoms with Gasteiger partial charge in [-0.1, -0.05) is 5.16 Å². The first kappa shape index (κ1) is 19.3. The van der Waals surface area contributed by atoms with Crippen molar-refractivity contribution in [2.45, 2.75) is 44.9 Å². The van der Waals surface area contributed by atoms with Crippen LogP contribution in [0.25, 0.3) is 11.0 Å². The Bertz CT molecular complexity index is 957. The van der Waals surface area contributed by atoms with Gasteiger partial charge in [-0.05, 0) is 82.9 Å². The number of rotatable bonds is 7. The number of hydrogen-bond acceptors (Lipinski definition) is 5. The molecule has 1 saturated heterocycles. The molecule has 6 heteroatoms. The molecule has 3 heterocycles. The Hall–Kier alpha value is -2.05. The summed E-state index contributed by atoms with van der Waals surface area (Å²) in [7, 11) is 0. The number of fused-ring (bicyclic) bond motifs is 1. The maximum absolute atomic E-state index is 13.3. The summed E-state index contributed by atoms with van der Waals surface area (Å²) in [5, 5.41) is 5.17. The number of unbranched alkanes of at least 4 members (excludes halogenated alkanes) is 1. The summed E-state index contributed by atoms with van der Waals surface area (Å²) in [5.74, 6) is 0.258. The molecule has 0 radical (unpaired) electrons. The SMILES string of the molecule is CC(=O)c1ccc(CCCCN2CCC(c3noc4cc(F)ccc34)CC2)s1. The number of piperidine rings is 1. The highest BCUT2D eigenvalue weighted by Gasteiger charge is 2.24. The van der Waals surface area contributed by atoms with Gasteiger partial charge in [-0.3, -0.25) is 4.79 Å². The fraction of sp³-hybridized carbons (Fsp3) is 0.455. The number of carbonyl (C=O) groups excluding carboxylic acids is 1. The predicted molar refractivity (Wildman–Crippen MR) is 110 cm³/mol. The average molecular weight is 401 g/mol. The van der Waals surface area contributed by atoms with Gasteiger partial charge < -0.3 is 9.42 Å². The fourth-order valence-corrected chi connectivity index (χ4v) is 4.94. The van der Waals surface area contributed by atoms with Crippen LogP contribution in [0.1, 0.15) is 58.8 Å². The number of halogens is 1. The zero-order chi connectivity index (χ0) is 19.5. The third kappa shape index (κ3) is 4.33. The molecule has 0 unspecified atom stereocenters. The number of aryl methyl sites for hydroxylation is 1. The van der Waals surface area contributed by atoms with Crippen molar-refractivity contribution in [3.05, 3.63) is 51.6 Å². The number of hydrogen-bond donors (Lipinski definition) is 0. The maximum atomic E-state index is 13.3. The molecule has 2 aromatic heterocycles. The molecule has 0 saturated carbocycles. The summed E-state index contributed by atoms with van der Waals surface area (Å²) in [4.78, 5) is 16.1. The summed E-state index contributed by atoms with van der Waals surface area (Å²) in [6.07, 6.45) is 5.50. The van der Waals surface area contributed by atoms with Gasteiger partial charge in [-0.25, -0.2) is 4.39 Å². The molecule has 1 aromatic carbocycles. The van der Waals surface area contributed by atoms with Crippen LogP contribution in [0.2, 0.25) is 0 Å². The average Bonchev–Trinajstić information content (AvgIpc) is 3.32. The number of nitrogens with zero attached hydrogens (tertiary/aromatic N) is 2. The first-order chi connectivity index (χ1) is 13.6. The minimum Gasteiger partial charge on any atom is -0.356 e. The van der Waals surface area contributed by atoms with Crippen LogP contribution in [-0.2, 0) is 6.42 Å². The van der Waals surface area contributed by atoms with Crippen LogP contribution in [0.15, 0.2) is 34.9 Å². The molecule has 1 aliphatic rings. The van der Waals surface area contributed by atoms with Crippen molar-refractivity contribution >= 4 is 28.1 Å². The molecule has 4 nitrogen and oxygen atoms in total. The van der Waals surface area contributed by atoms with Crippen LogP contribution < -0.4 is 0 Å². The van der Waals surface area contributed by atoms with E-state index in [9.17, 15) is 9.18 Å². The summed E-state index contributed by atoms with van der Waals surface area (Å²) in [6.45, 7) is 4.86. The van der Waals surface area contributed by atoms with Gasteiger partial charge >= 0.3 is 0 Å². The fourth-order valence-electron chi connectivity index (χ4n) is 3.99. The molecule has 4 rings (SSSR count). The zero-order valence-corrected chi connectivity index (χ0v) is 16.9. The molecule has 28 heavy (non-hydrogen) atoms. The van der Waals surface area contributed by atoms with E-state index in [1.165, 1.54) is 23.4 Å². The third-order valence-electron chi connectivity index (χ3n) is 5.59. The number of Topliss-reactive ketones (excluding diaryl/α,β-unsaturated/α-hetero) is 1. The van der Waals surface area contributed by atoms with Gasteiger partial charge in [-0.15, -0.1) is 11.3 Å². The predicted octanol–water partition coefficient (Wildman–Crippen LogP) is 5.43. The van der Waals surface area contributed by atoms with Crippen LogP contribution in [0.4, 0.5) is 4.39 Å². The largest absolute Gasteiger partial charge is 0.356 e. The zero-order valence-electron chi connectivity index (χ0n) is 16.1. The molecule has 3 aromatic rings. The van der Waals surface area contributed by atoms with Gasteiger partial charge in [0.15, 0.2) is 11.4 Å².